The predicted octanol–water partition coefficient (Wildman–Crippen LogP) is 4.42. The van der Waals surface area contributed by atoms with E-state index in [2.05, 4.69) is 60.6 Å². The minimum atomic E-state index is 0.596. The summed E-state index contributed by atoms with van der Waals surface area (Å²) < 4.78 is 0. The molecule has 0 fully saturated rings. The van der Waals surface area contributed by atoms with Crippen molar-refractivity contribution in [2.24, 2.45) is 5.16 Å². The van der Waals surface area contributed by atoms with Crippen molar-refractivity contribution in [1.29, 1.82) is 0 Å². The molecule has 0 bridgehead atoms. The van der Waals surface area contributed by atoms with Crippen LogP contribution in [0.3, 0.4) is 0 Å². The van der Waals surface area contributed by atoms with E-state index in [-0.39, 0.29) is 0 Å². The van der Waals surface area contributed by atoms with E-state index in [0.29, 0.717) is 6.61 Å². The highest BCUT2D eigenvalue weighted by atomic mass is 16.6. The minimum absolute atomic E-state index is 0.596. The van der Waals surface area contributed by atoms with E-state index in [1.54, 1.807) is 0 Å². The predicted molar refractivity (Wildman–Crippen MR) is 80.5 cm³/mol. The number of hydrogen-bond donors (Lipinski definition) is 0. The van der Waals surface area contributed by atoms with Gasteiger partial charge in [0.15, 0.2) is 0 Å². The summed E-state index contributed by atoms with van der Waals surface area (Å²) in [6.45, 7) is 6.61. The zero-order valence-corrected chi connectivity index (χ0v) is 11.7. The SMILES string of the molecule is CCON=C(C)c1ccc(-c2ccccc2C)cc1. The first-order valence-electron chi connectivity index (χ1n) is 6.55. The Kier molecular flexibility index (Phi) is 4.35. The highest BCUT2D eigenvalue weighted by molar-refractivity contribution is 5.98. The van der Waals surface area contributed by atoms with Crippen molar-refractivity contribution >= 4 is 5.71 Å². The molecule has 0 spiro atoms. The Labute approximate surface area is 114 Å². The third-order valence-corrected chi connectivity index (χ3v) is 3.09. The molecule has 2 rings (SSSR count). The third-order valence-electron chi connectivity index (χ3n) is 3.09. The van der Waals surface area contributed by atoms with Gasteiger partial charge in [-0.15, -0.1) is 0 Å². The lowest BCUT2D eigenvalue weighted by molar-refractivity contribution is 0.159. The van der Waals surface area contributed by atoms with Gasteiger partial charge in [0.1, 0.15) is 6.61 Å². The number of rotatable bonds is 4. The van der Waals surface area contributed by atoms with Crippen LogP contribution in [0.15, 0.2) is 53.7 Å². The van der Waals surface area contributed by atoms with Crippen LogP contribution in [0, 0.1) is 6.92 Å². The summed E-state index contributed by atoms with van der Waals surface area (Å²) >= 11 is 0. The van der Waals surface area contributed by atoms with Gasteiger partial charge in [0.05, 0.1) is 5.71 Å². The van der Waals surface area contributed by atoms with Crippen molar-refractivity contribution in [1.82, 2.24) is 0 Å². The van der Waals surface area contributed by atoms with Crippen LogP contribution < -0.4 is 0 Å². The molecule has 2 aromatic carbocycles. The normalized spacial score (nSPS) is 11.4. The largest absolute Gasteiger partial charge is 0.396 e. The molecular weight excluding hydrogens is 234 g/mol. The molecule has 0 saturated carbocycles. The first-order valence-corrected chi connectivity index (χ1v) is 6.55. The summed E-state index contributed by atoms with van der Waals surface area (Å²) in [5, 5.41) is 4.05. The van der Waals surface area contributed by atoms with Gasteiger partial charge in [0, 0.05) is 0 Å². The van der Waals surface area contributed by atoms with Crippen LogP contribution in [-0.2, 0) is 4.84 Å². The van der Waals surface area contributed by atoms with Crippen LogP contribution >= 0.6 is 0 Å². The first-order chi connectivity index (χ1) is 9.22. The number of nitrogens with zero attached hydrogens (tertiary/aromatic N) is 1. The lowest BCUT2D eigenvalue weighted by Crippen LogP contribution is -1.96. The Morgan fingerprint density at radius 1 is 1.05 bits per heavy atom. The molecule has 2 heteroatoms. The average molecular weight is 253 g/mol. The van der Waals surface area contributed by atoms with Crippen molar-refractivity contribution in [2.75, 3.05) is 6.61 Å². The van der Waals surface area contributed by atoms with Crippen LogP contribution in [0.2, 0.25) is 0 Å². The summed E-state index contributed by atoms with van der Waals surface area (Å²) in [6, 6.07) is 16.8. The van der Waals surface area contributed by atoms with Gasteiger partial charge in [-0.2, -0.15) is 0 Å². The molecule has 2 nitrogen and oxygen atoms in total. The van der Waals surface area contributed by atoms with Gasteiger partial charge in [0.2, 0.25) is 0 Å². The maximum atomic E-state index is 5.07. The molecule has 0 amide bonds. The molecule has 0 aliphatic carbocycles. The quantitative estimate of drug-likeness (QED) is 0.583. The van der Waals surface area contributed by atoms with Crippen LogP contribution in [-0.4, -0.2) is 12.3 Å². The smallest absolute Gasteiger partial charge is 0.114 e. The van der Waals surface area contributed by atoms with E-state index in [4.69, 9.17) is 4.84 Å². The molecule has 98 valence electrons. The molecule has 2 aromatic rings. The van der Waals surface area contributed by atoms with Crippen LogP contribution in [0.1, 0.15) is 25.0 Å². The average Bonchev–Trinajstić information content (AvgIpc) is 2.45. The fourth-order valence-corrected chi connectivity index (χ4v) is 2.00. The van der Waals surface area contributed by atoms with E-state index >= 15 is 0 Å². The summed E-state index contributed by atoms with van der Waals surface area (Å²) in [7, 11) is 0. The second-order valence-corrected chi connectivity index (χ2v) is 4.49. The van der Waals surface area contributed by atoms with Crippen molar-refractivity contribution in [3.05, 3.63) is 59.7 Å². The molecule has 0 heterocycles. The Hall–Kier alpha value is -2.09. The summed E-state index contributed by atoms with van der Waals surface area (Å²) in [5.74, 6) is 0. The second-order valence-electron chi connectivity index (χ2n) is 4.49. The van der Waals surface area contributed by atoms with Crippen LogP contribution in [0.4, 0.5) is 0 Å². The molecule has 0 radical (unpaired) electrons. The molecule has 0 N–H and O–H groups in total. The number of aryl methyl sites for hydroxylation is 1. The number of hydrogen-bond acceptors (Lipinski definition) is 2. The van der Waals surface area contributed by atoms with Crippen molar-refractivity contribution < 1.29 is 4.84 Å². The maximum Gasteiger partial charge on any atom is 0.114 e. The van der Waals surface area contributed by atoms with Gasteiger partial charge >= 0.3 is 0 Å². The van der Waals surface area contributed by atoms with Crippen molar-refractivity contribution in [3.63, 3.8) is 0 Å². The van der Waals surface area contributed by atoms with Gasteiger partial charge in [-0.1, -0.05) is 53.7 Å². The zero-order chi connectivity index (χ0) is 13.7. The van der Waals surface area contributed by atoms with Gasteiger partial charge in [-0.25, -0.2) is 0 Å². The van der Waals surface area contributed by atoms with E-state index in [9.17, 15) is 0 Å². The van der Waals surface area contributed by atoms with Gasteiger partial charge in [0.25, 0.3) is 0 Å². The standard InChI is InChI=1S/C17H19NO/c1-4-19-18-14(3)15-9-11-16(12-10-15)17-8-6-5-7-13(17)2/h5-12H,4H2,1-3H3. The Balaban J connectivity index is 2.26. The summed E-state index contributed by atoms with van der Waals surface area (Å²) in [6.07, 6.45) is 0. The van der Waals surface area contributed by atoms with E-state index in [1.807, 2.05) is 13.8 Å². The molecule has 0 atom stereocenters. The first kappa shape index (κ1) is 13.3. The Morgan fingerprint density at radius 3 is 2.37 bits per heavy atom. The summed E-state index contributed by atoms with van der Waals surface area (Å²) in [4.78, 5) is 5.07. The molecular formula is C17H19NO. The summed E-state index contributed by atoms with van der Waals surface area (Å²) in [5.41, 5.74) is 5.78. The fraction of sp³-hybridized carbons (Fsp3) is 0.235. The van der Waals surface area contributed by atoms with Crippen LogP contribution in [0.5, 0.6) is 0 Å². The molecule has 0 aromatic heterocycles. The number of benzene rings is 2. The van der Waals surface area contributed by atoms with E-state index in [0.717, 1.165) is 11.3 Å². The lowest BCUT2D eigenvalue weighted by atomic mass is 9.99. The van der Waals surface area contributed by atoms with Crippen molar-refractivity contribution in [2.45, 2.75) is 20.8 Å². The van der Waals surface area contributed by atoms with Crippen LogP contribution in [0.25, 0.3) is 11.1 Å². The Morgan fingerprint density at radius 2 is 1.74 bits per heavy atom. The Bertz CT molecular complexity index is 570. The lowest BCUT2D eigenvalue weighted by Gasteiger charge is -2.07. The van der Waals surface area contributed by atoms with E-state index < -0.39 is 0 Å². The van der Waals surface area contributed by atoms with Crippen molar-refractivity contribution in [3.8, 4) is 11.1 Å². The van der Waals surface area contributed by atoms with Gasteiger partial charge in [-0.3, -0.25) is 0 Å². The molecule has 0 unspecified atom stereocenters. The molecule has 19 heavy (non-hydrogen) atoms. The molecule has 0 saturated heterocycles. The topological polar surface area (TPSA) is 21.6 Å². The monoisotopic (exact) mass is 253 g/mol. The fourth-order valence-electron chi connectivity index (χ4n) is 2.00. The number of oxime groups is 1. The van der Waals surface area contributed by atoms with Gasteiger partial charge in [-0.05, 0) is 43.0 Å². The molecule has 0 aliphatic heterocycles. The van der Waals surface area contributed by atoms with E-state index in [1.165, 1.54) is 16.7 Å². The highest BCUT2D eigenvalue weighted by Crippen LogP contribution is 2.23. The third kappa shape index (κ3) is 3.22. The minimum Gasteiger partial charge on any atom is -0.396 e. The second kappa shape index (κ2) is 6.19. The van der Waals surface area contributed by atoms with Gasteiger partial charge < -0.3 is 4.84 Å². The maximum absolute atomic E-state index is 5.07. The highest BCUT2D eigenvalue weighted by Gasteiger charge is 2.02. The molecule has 0 aliphatic rings. The zero-order valence-electron chi connectivity index (χ0n) is 11.7.